The summed E-state index contributed by atoms with van der Waals surface area (Å²) in [5, 5.41) is 2.99. The highest BCUT2D eigenvalue weighted by Crippen LogP contribution is 2.23. The fourth-order valence-electron chi connectivity index (χ4n) is 3.03. The van der Waals surface area contributed by atoms with Gasteiger partial charge in [0.25, 0.3) is 5.91 Å². The number of carbonyl (C=O) groups excluding carboxylic acids is 2. The maximum atomic E-state index is 12.0. The van der Waals surface area contributed by atoms with Crippen LogP contribution in [0.2, 0.25) is 0 Å². The molecule has 1 aliphatic carbocycles. The molecule has 0 radical (unpaired) electrons. The highest BCUT2D eigenvalue weighted by molar-refractivity contribution is 5.94. The van der Waals surface area contributed by atoms with E-state index in [9.17, 15) is 9.59 Å². The van der Waals surface area contributed by atoms with Gasteiger partial charge in [-0.25, -0.2) is 0 Å². The van der Waals surface area contributed by atoms with Crippen molar-refractivity contribution < 1.29 is 14.3 Å². The summed E-state index contributed by atoms with van der Waals surface area (Å²) < 4.78 is 5.04. The van der Waals surface area contributed by atoms with Gasteiger partial charge in [-0.05, 0) is 42.9 Å². The van der Waals surface area contributed by atoms with E-state index in [1.165, 1.54) is 5.56 Å². The quantitative estimate of drug-likeness (QED) is 0.831. The zero-order chi connectivity index (χ0) is 16.2. The van der Waals surface area contributed by atoms with Crippen molar-refractivity contribution in [1.82, 2.24) is 10.2 Å². The zero-order valence-corrected chi connectivity index (χ0v) is 13.6. The van der Waals surface area contributed by atoms with Crippen LogP contribution in [0.25, 0.3) is 0 Å². The summed E-state index contributed by atoms with van der Waals surface area (Å²) in [6.07, 6.45) is 3.67. The number of nitrogens with zero attached hydrogens (tertiary/aromatic N) is 1. The Kier molecular flexibility index (Phi) is 4.96. The first-order valence-electron chi connectivity index (χ1n) is 8.32. The molecule has 3 rings (SSSR count). The molecule has 1 aliphatic heterocycles. The lowest BCUT2D eigenvalue weighted by Gasteiger charge is -2.16. The molecule has 0 spiro atoms. The smallest absolute Gasteiger partial charge is 0.251 e. The number of benzene rings is 1. The van der Waals surface area contributed by atoms with Crippen molar-refractivity contribution in [1.29, 1.82) is 0 Å². The number of amides is 2. The third-order valence-corrected chi connectivity index (χ3v) is 4.51. The molecule has 1 atom stereocenters. The molecule has 5 nitrogen and oxygen atoms in total. The second-order valence-corrected chi connectivity index (χ2v) is 6.55. The standard InChI is InChI=1S/C18H24N2O3/c1-23-9-8-20-12-14(11-17(20)21)10-13-2-4-15(5-3-13)18(22)19-16-6-7-16/h2-5,14,16H,6-12H2,1H3,(H,19,22)/t14-/m0/s1. The van der Waals surface area contributed by atoms with E-state index >= 15 is 0 Å². The van der Waals surface area contributed by atoms with Crippen molar-refractivity contribution in [3.05, 3.63) is 35.4 Å². The first-order chi connectivity index (χ1) is 11.2. The van der Waals surface area contributed by atoms with E-state index in [0.717, 1.165) is 25.8 Å². The summed E-state index contributed by atoms with van der Waals surface area (Å²) in [5.74, 6) is 0.582. The van der Waals surface area contributed by atoms with E-state index in [0.29, 0.717) is 37.1 Å². The van der Waals surface area contributed by atoms with Crippen molar-refractivity contribution in [2.45, 2.75) is 31.7 Å². The number of hydrogen-bond acceptors (Lipinski definition) is 3. The fraction of sp³-hybridized carbons (Fsp3) is 0.556. The molecule has 2 aliphatic rings. The molecule has 1 saturated carbocycles. The van der Waals surface area contributed by atoms with Gasteiger partial charge in [-0.1, -0.05) is 12.1 Å². The van der Waals surface area contributed by atoms with E-state index in [2.05, 4.69) is 5.32 Å². The Morgan fingerprint density at radius 2 is 2.04 bits per heavy atom. The van der Waals surface area contributed by atoms with E-state index in [1.807, 2.05) is 29.2 Å². The van der Waals surface area contributed by atoms with Crippen molar-refractivity contribution in [3.8, 4) is 0 Å². The third kappa shape index (κ3) is 4.32. The van der Waals surface area contributed by atoms with E-state index < -0.39 is 0 Å². The minimum atomic E-state index is 0.0147. The molecule has 5 heteroatoms. The van der Waals surface area contributed by atoms with Crippen LogP contribution in [-0.4, -0.2) is 49.6 Å². The number of carbonyl (C=O) groups is 2. The highest BCUT2D eigenvalue weighted by Gasteiger charge is 2.29. The number of ether oxygens (including phenoxy) is 1. The van der Waals surface area contributed by atoms with Gasteiger partial charge in [0.2, 0.25) is 5.91 Å². The van der Waals surface area contributed by atoms with Gasteiger partial charge in [-0.15, -0.1) is 0 Å². The van der Waals surface area contributed by atoms with Gasteiger partial charge in [0, 0.05) is 38.2 Å². The summed E-state index contributed by atoms with van der Waals surface area (Å²) in [6, 6.07) is 8.15. The van der Waals surface area contributed by atoms with Gasteiger partial charge in [0.05, 0.1) is 6.61 Å². The minimum absolute atomic E-state index is 0.0147. The Balaban J connectivity index is 1.52. The summed E-state index contributed by atoms with van der Waals surface area (Å²) in [6.45, 7) is 2.06. The van der Waals surface area contributed by atoms with Crippen molar-refractivity contribution >= 4 is 11.8 Å². The van der Waals surface area contributed by atoms with Crippen molar-refractivity contribution in [3.63, 3.8) is 0 Å². The zero-order valence-electron chi connectivity index (χ0n) is 13.6. The predicted molar refractivity (Wildman–Crippen MR) is 87.2 cm³/mol. The lowest BCUT2D eigenvalue weighted by Crippen LogP contribution is -2.28. The second-order valence-electron chi connectivity index (χ2n) is 6.55. The van der Waals surface area contributed by atoms with Crippen LogP contribution in [-0.2, 0) is 16.0 Å². The Morgan fingerprint density at radius 1 is 1.30 bits per heavy atom. The van der Waals surface area contributed by atoms with Gasteiger partial charge in [-0.2, -0.15) is 0 Å². The fourth-order valence-corrected chi connectivity index (χ4v) is 3.03. The predicted octanol–water partition coefficient (Wildman–Crippen LogP) is 1.62. The second kappa shape index (κ2) is 7.13. The number of rotatable bonds is 7. The summed E-state index contributed by atoms with van der Waals surface area (Å²) >= 11 is 0. The topological polar surface area (TPSA) is 58.6 Å². The van der Waals surface area contributed by atoms with Crippen LogP contribution in [0.15, 0.2) is 24.3 Å². The molecule has 2 amide bonds. The summed E-state index contributed by atoms with van der Waals surface area (Å²) in [7, 11) is 1.65. The van der Waals surface area contributed by atoms with Crippen LogP contribution >= 0.6 is 0 Å². The summed E-state index contributed by atoms with van der Waals surface area (Å²) in [4.78, 5) is 25.8. The molecule has 0 aromatic heterocycles. The largest absolute Gasteiger partial charge is 0.383 e. The molecule has 1 aromatic rings. The van der Waals surface area contributed by atoms with E-state index in [1.54, 1.807) is 7.11 Å². The van der Waals surface area contributed by atoms with Gasteiger partial charge >= 0.3 is 0 Å². The number of hydrogen-bond donors (Lipinski definition) is 1. The normalized spacial score (nSPS) is 20.8. The van der Waals surface area contributed by atoms with Crippen molar-refractivity contribution in [2.75, 3.05) is 26.8 Å². The van der Waals surface area contributed by atoms with Gasteiger partial charge in [0.1, 0.15) is 0 Å². The van der Waals surface area contributed by atoms with Gasteiger partial charge in [0.15, 0.2) is 0 Å². The molecule has 0 unspecified atom stereocenters. The lowest BCUT2D eigenvalue weighted by molar-refractivity contribution is -0.128. The van der Waals surface area contributed by atoms with Gasteiger partial charge < -0.3 is 15.0 Å². The van der Waals surface area contributed by atoms with E-state index in [-0.39, 0.29) is 11.8 Å². The Labute approximate surface area is 137 Å². The van der Waals surface area contributed by atoms with Crippen LogP contribution in [0.1, 0.15) is 35.2 Å². The maximum absolute atomic E-state index is 12.0. The molecule has 1 heterocycles. The number of methoxy groups -OCH3 is 1. The number of nitrogens with one attached hydrogen (secondary N) is 1. The first-order valence-corrected chi connectivity index (χ1v) is 8.32. The van der Waals surface area contributed by atoms with Crippen LogP contribution in [0.4, 0.5) is 0 Å². The molecule has 1 saturated heterocycles. The maximum Gasteiger partial charge on any atom is 0.251 e. The Hall–Kier alpha value is -1.88. The molecular formula is C18H24N2O3. The molecule has 1 N–H and O–H groups in total. The average Bonchev–Trinajstić information content (AvgIpc) is 3.29. The van der Waals surface area contributed by atoms with Crippen molar-refractivity contribution in [2.24, 2.45) is 5.92 Å². The summed E-state index contributed by atoms with van der Waals surface area (Å²) in [5.41, 5.74) is 1.89. The third-order valence-electron chi connectivity index (χ3n) is 4.51. The molecule has 1 aromatic carbocycles. The molecule has 23 heavy (non-hydrogen) atoms. The van der Waals surface area contributed by atoms with Gasteiger partial charge in [-0.3, -0.25) is 9.59 Å². The lowest BCUT2D eigenvalue weighted by atomic mass is 9.97. The average molecular weight is 316 g/mol. The molecule has 0 bridgehead atoms. The van der Waals surface area contributed by atoms with Crippen LogP contribution < -0.4 is 5.32 Å². The number of likely N-dealkylation sites (tertiary alicyclic amines) is 1. The minimum Gasteiger partial charge on any atom is -0.383 e. The SMILES string of the molecule is COCCN1C[C@@H](Cc2ccc(C(=O)NC3CC3)cc2)CC1=O. The van der Waals surface area contributed by atoms with E-state index in [4.69, 9.17) is 4.74 Å². The monoisotopic (exact) mass is 316 g/mol. The molecule has 2 fully saturated rings. The van der Waals surface area contributed by atoms with Crippen LogP contribution in [0, 0.1) is 5.92 Å². The van der Waals surface area contributed by atoms with Crippen LogP contribution in [0.3, 0.4) is 0 Å². The molecule has 124 valence electrons. The van der Waals surface area contributed by atoms with Crippen LogP contribution in [0.5, 0.6) is 0 Å². The molecular weight excluding hydrogens is 292 g/mol. The highest BCUT2D eigenvalue weighted by atomic mass is 16.5. The first kappa shape index (κ1) is 16.0. The Morgan fingerprint density at radius 3 is 2.70 bits per heavy atom. The Bertz CT molecular complexity index is 566.